The number of nitrogens with one attached hydrogen (secondary N) is 1. The average Bonchev–Trinajstić information content (AvgIpc) is 2.96. The van der Waals surface area contributed by atoms with E-state index in [-0.39, 0.29) is 0 Å². The number of rotatable bonds is 4. The van der Waals surface area contributed by atoms with Crippen LogP contribution in [-0.4, -0.2) is 35.1 Å². The molecule has 19 heavy (non-hydrogen) atoms. The summed E-state index contributed by atoms with van der Waals surface area (Å²) in [6.07, 6.45) is 10.7. The molecule has 1 aliphatic heterocycles. The van der Waals surface area contributed by atoms with Crippen LogP contribution in [0.4, 0.5) is 5.82 Å². The van der Waals surface area contributed by atoms with Crippen LogP contribution in [-0.2, 0) is 12.8 Å². The third-order valence-electron chi connectivity index (χ3n) is 4.72. The van der Waals surface area contributed by atoms with Gasteiger partial charge in [0.15, 0.2) is 0 Å². The predicted molar refractivity (Wildman–Crippen MR) is 75.4 cm³/mol. The summed E-state index contributed by atoms with van der Waals surface area (Å²) in [5, 5.41) is 3.68. The van der Waals surface area contributed by atoms with E-state index in [4.69, 9.17) is 0 Å². The molecular formula is C15H22N4. The smallest absolute Gasteiger partial charge is 0.135 e. The van der Waals surface area contributed by atoms with Crippen molar-refractivity contribution < 1.29 is 0 Å². The summed E-state index contributed by atoms with van der Waals surface area (Å²) in [5.74, 6) is 1.24. The Bertz CT molecular complexity index is 469. The number of hydrogen-bond acceptors (Lipinski definition) is 4. The zero-order valence-electron chi connectivity index (χ0n) is 11.4. The van der Waals surface area contributed by atoms with E-state index in [0.29, 0.717) is 6.04 Å². The number of hydrogen-bond donors (Lipinski definition) is 1. The molecule has 0 spiro atoms. The van der Waals surface area contributed by atoms with E-state index >= 15 is 0 Å². The maximum absolute atomic E-state index is 4.61. The Morgan fingerprint density at radius 1 is 1.16 bits per heavy atom. The normalized spacial score (nSPS) is 25.9. The molecule has 1 saturated heterocycles. The summed E-state index contributed by atoms with van der Waals surface area (Å²) >= 11 is 0. The highest BCUT2D eigenvalue weighted by molar-refractivity contribution is 5.52. The Balaban J connectivity index is 1.54. The van der Waals surface area contributed by atoms with Gasteiger partial charge < -0.3 is 10.2 Å². The van der Waals surface area contributed by atoms with Crippen LogP contribution < -0.4 is 10.2 Å². The summed E-state index contributed by atoms with van der Waals surface area (Å²) in [6, 6.07) is 1.44. The summed E-state index contributed by atoms with van der Waals surface area (Å²) in [5.41, 5.74) is 2.73. The van der Waals surface area contributed by atoms with E-state index in [0.717, 1.165) is 19.0 Å². The molecule has 102 valence electrons. The van der Waals surface area contributed by atoms with Crippen molar-refractivity contribution in [1.82, 2.24) is 15.3 Å². The largest absolute Gasteiger partial charge is 0.352 e. The van der Waals surface area contributed by atoms with Crippen molar-refractivity contribution in [2.24, 2.45) is 0 Å². The van der Waals surface area contributed by atoms with Gasteiger partial charge >= 0.3 is 0 Å². The summed E-state index contributed by atoms with van der Waals surface area (Å²) < 4.78 is 0. The number of anilines is 1. The lowest BCUT2D eigenvalue weighted by molar-refractivity contribution is 0.567. The minimum atomic E-state index is 0.639. The van der Waals surface area contributed by atoms with Crippen molar-refractivity contribution in [2.45, 2.75) is 57.0 Å². The van der Waals surface area contributed by atoms with Crippen molar-refractivity contribution >= 4 is 5.82 Å². The van der Waals surface area contributed by atoms with Crippen LogP contribution in [0.2, 0.25) is 0 Å². The highest BCUT2D eigenvalue weighted by Gasteiger charge is 2.31. The number of aromatic nitrogens is 2. The fourth-order valence-electron chi connectivity index (χ4n) is 3.51. The van der Waals surface area contributed by atoms with Gasteiger partial charge in [-0.3, -0.25) is 0 Å². The summed E-state index contributed by atoms with van der Waals surface area (Å²) in [4.78, 5) is 11.6. The first-order valence-electron chi connectivity index (χ1n) is 7.74. The van der Waals surface area contributed by atoms with E-state index in [1.54, 1.807) is 6.33 Å². The van der Waals surface area contributed by atoms with Crippen LogP contribution in [0.15, 0.2) is 6.33 Å². The average molecular weight is 258 g/mol. The number of fused-ring (bicyclic) bond motifs is 1. The van der Waals surface area contributed by atoms with Gasteiger partial charge in [0.1, 0.15) is 12.1 Å². The molecule has 4 rings (SSSR count). The van der Waals surface area contributed by atoms with Crippen LogP contribution in [0, 0.1) is 0 Å². The zero-order valence-corrected chi connectivity index (χ0v) is 11.4. The monoisotopic (exact) mass is 258 g/mol. The van der Waals surface area contributed by atoms with Crippen molar-refractivity contribution in [3.63, 3.8) is 0 Å². The second-order valence-corrected chi connectivity index (χ2v) is 6.15. The predicted octanol–water partition coefficient (Wildman–Crippen LogP) is 1.69. The maximum atomic E-state index is 4.61. The molecule has 2 aliphatic carbocycles. The van der Waals surface area contributed by atoms with E-state index < -0.39 is 0 Å². The van der Waals surface area contributed by atoms with E-state index in [9.17, 15) is 0 Å². The molecule has 1 N–H and O–H groups in total. The van der Waals surface area contributed by atoms with E-state index in [1.807, 2.05) is 0 Å². The Morgan fingerprint density at radius 2 is 2.11 bits per heavy atom. The van der Waals surface area contributed by atoms with Gasteiger partial charge in [-0.25, -0.2) is 9.97 Å². The van der Waals surface area contributed by atoms with Crippen LogP contribution in [0.3, 0.4) is 0 Å². The van der Waals surface area contributed by atoms with Crippen LogP contribution >= 0.6 is 0 Å². The Labute approximate surface area is 114 Å². The molecule has 2 heterocycles. The molecule has 3 aliphatic rings. The second-order valence-electron chi connectivity index (χ2n) is 6.15. The first-order valence-corrected chi connectivity index (χ1v) is 7.74. The van der Waals surface area contributed by atoms with Crippen molar-refractivity contribution in [1.29, 1.82) is 0 Å². The molecule has 1 atom stereocenters. The molecule has 0 bridgehead atoms. The quantitative estimate of drug-likeness (QED) is 0.892. The highest BCUT2D eigenvalue weighted by Crippen LogP contribution is 2.32. The standard InChI is InChI=1S/C15H22N4/c1-4-13-14(5-1)17-10-18-15(13)19-8-2-3-12(19)9-16-11-6-7-11/h10-12,16H,1-9H2. The molecule has 1 unspecified atom stereocenters. The Kier molecular flexibility index (Phi) is 2.91. The molecule has 4 nitrogen and oxygen atoms in total. The van der Waals surface area contributed by atoms with E-state index in [1.165, 1.54) is 62.1 Å². The third kappa shape index (κ3) is 2.22. The molecule has 2 fully saturated rings. The molecule has 1 aromatic rings. The fourth-order valence-corrected chi connectivity index (χ4v) is 3.51. The lowest BCUT2D eigenvalue weighted by atomic mass is 10.2. The van der Waals surface area contributed by atoms with Crippen LogP contribution in [0.25, 0.3) is 0 Å². The molecule has 4 heteroatoms. The van der Waals surface area contributed by atoms with Crippen molar-refractivity contribution in [2.75, 3.05) is 18.0 Å². The second kappa shape index (κ2) is 4.75. The fraction of sp³-hybridized carbons (Fsp3) is 0.733. The first-order chi connectivity index (χ1) is 9.42. The lowest BCUT2D eigenvalue weighted by Crippen LogP contribution is -2.39. The van der Waals surface area contributed by atoms with Crippen LogP contribution in [0.1, 0.15) is 43.4 Å². The van der Waals surface area contributed by atoms with Crippen molar-refractivity contribution in [3.8, 4) is 0 Å². The molecule has 1 aromatic heterocycles. The molecule has 0 amide bonds. The minimum Gasteiger partial charge on any atom is -0.352 e. The van der Waals surface area contributed by atoms with Gasteiger partial charge in [0, 0.05) is 36.4 Å². The minimum absolute atomic E-state index is 0.639. The van der Waals surface area contributed by atoms with Gasteiger partial charge in [0.2, 0.25) is 0 Å². The van der Waals surface area contributed by atoms with Gasteiger partial charge in [-0.15, -0.1) is 0 Å². The van der Waals surface area contributed by atoms with Gasteiger partial charge in [0.05, 0.1) is 0 Å². The Morgan fingerprint density at radius 3 is 3.00 bits per heavy atom. The number of aryl methyl sites for hydroxylation is 1. The van der Waals surface area contributed by atoms with Gasteiger partial charge in [-0.2, -0.15) is 0 Å². The molecule has 0 aromatic carbocycles. The Hall–Kier alpha value is -1.16. The summed E-state index contributed by atoms with van der Waals surface area (Å²) in [6.45, 7) is 2.30. The third-order valence-corrected chi connectivity index (χ3v) is 4.72. The highest BCUT2D eigenvalue weighted by atomic mass is 15.3. The topological polar surface area (TPSA) is 41.1 Å². The lowest BCUT2D eigenvalue weighted by Gasteiger charge is -2.27. The summed E-state index contributed by atoms with van der Waals surface area (Å²) in [7, 11) is 0. The van der Waals surface area contributed by atoms with Gasteiger partial charge in [-0.1, -0.05) is 0 Å². The molecule has 0 radical (unpaired) electrons. The number of nitrogens with zero attached hydrogens (tertiary/aromatic N) is 3. The SMILES string of the molecule is c1nc2c(c(N3CCCC3CNC3CC3)n1)CCC2. The molecule has 1 saturated carbocycles. The zero-order chi connectivity index (χ0) is 12.7. The van der Waals surface area contributed by atoms with Crippen LogP contribution in [0.5, 0.6) is 0 Å². The maximum Gasteiger partial charge on any atom is 0.135 e. The van der Waals surface area contributed by atoms with E-state index in [2.05, 4.69) is 20.2 Å². The van der Waals surface area contributed by atoms with Gasteiger partial charge in [-0.05, 0) is 44.9 Å². The molecular weight excluding hydrogens is 236 g/mol. The first kappa shape index (κ1) is 11.6. The van der Waals surface area contributed by atoms with Crippen molar-refractivity contribution in [3.05, 3.63) is 17.6 Å². The van der Waals surface area contributed by atoms with Gasteiger partial charge in [0.25, 0.3) is 0 Å².